The summed E-state index contributed by atoms with van der Waals surface area (Å²) in [6, 6.07) is 0. The summed E-state index contributed by atoms with van der Waals surface area (Å²) in [5, 5.41) is 3.32. The number of hydrogen-bond acceptors (Lipinski definition) is 2. The Morgan fingerprint density at radius 1 is 1.55 bits per heavy atom. The van der Waals surface area contributed by atoms with E-state index in [2.05, 4.69) is 36.5 Å². The van der Waals surface area contributed by atoms with Crippen molar-refractivity contribution < 1.29 is 0 Å². The predicted molar refractivity (Wildman–Crippen MR) is 48.1 cm³/mol. The van der Waals surface area contributed by atoms with Crippen LogP contribution in [0.2, 0.25) is 0 Å². The van der Waals surface area contributed by atoms with Gasteiger partial charge in [0.15, 0.2) is 0 Å². The number of rotatable bonds is 1. The fourth-order valence-electron chi connectivity index (χ4n) is 1.74. The van der Waals surface area contributed by atoms with Gasteiger partial charge in [0.2, 0.25) is 0 Å². The average Bonchev–Trinajstić information content (AvgIpc) is 2.12. The quantitative estimate of drug-likeness (QED) is 0.614. The Bertz CT molecular complexity index is 142. The molecule has 0 aromatic rings. The van der Waals surface area contributed by atoms with E-state index in [9.17, 15) is 0 Å². The van der Waals surface area contributed by atoms with Gasteiger partial charge in [-0.05, 0) is 32.0 Å². The lowest BCUT2D eigenvalue weighted by Crippen LogP contribution is -2.42. The van der Waals surface area contributed by atoms with Gasteiger partial charge in [-0.25, -0.2) is 0 Å². The van der Waals surface area contributed by atoms with Crippen molar-refractivity contribution in [2.24, 2.45) is 5.92 Å². The molecule has 2 heteroatoms. The van der Waals surface area contributed by atoms with E-state index in [1.807, 2.05) is 7.05 Å². The molecule has 1 rings (SSSR count). The maximum absolute atomic E-state index is 3.32. The molecule has 0 saturated heterocycles. The van der Waals surface area contributed by atoms with Gasteiger partial charge in [0.1, 0.15) is 0 Å². The lowest BCUT2D eigenvalue weighted by Gasteiger charge is -2.29. The lowest BCUT2D eigenvalue weighted by atomic mass is 10.0. The average molecular weight is 154 g/mol. The molecule has 0 amide bonds. The highest BCUT2D eigenvalue weighted by Crippen LogP contribution is 2.17. The third-order valence-electron chi connectivity index (χ3n) is 2.40. The molecule has 1 N–H and O–H groups in total. The molecule has 0 unspecified atom stereocenters. The third kappa shape index (κ3) is 1.96. The molecule has 0 spiro atoms. The van der Waals surface area contributed by atoms with Crippen molar-refractivity contribution in [3.8, 4) is 0 Å². The highest BCUT2D eigenvalue weighted by atomic mass is 15.2. The predicted octanol–water partition coefficient (Wildman–Crippen LogP) is 1.41. The fourth-order valence-corrected chi connectivity index (χ4v) is 1.74. The van der Waals surface area contributed by atoms with Crippen LogP contribution in [-0.2, 0) is 0 Å². The molecule has 0 fully saturated rings. The van der Waals surface area contributed by atoms with Gasteiger partial charge in [0, 0.05) is 7.05 Å². The second-order valence-corrected chi connectivity index (χ2v) is 3.34. The third-order valence-corrected chi connectivity index (χ3v) is 2.40. The molecule has 64 valence electrons. The molecule has 2 atom stereocenters. The van der Waals surface area contributed by atoms with Crippen molar-refractivity contribution in [3.63, 3.8) is 0 Å². The molecular formula is C9H18N2. The highest BCUT2D eigenvalue weighted by Gasteiger charge is 2.18. The van der Waals surface area contributed by atoms with E-state index in [-0.39, 0.29) is 0 Å². The number of nitrogens with one attached hydrogen (secondary N) is 1. The summed E-state index contributed by atoms with van der Waals surface area (Å²) in [7, 11) is 4.15. The number of nitrogens with zero attached hydrogens (tertiary/aromatic N) is 1. The van der Waals surface area contributed by atoms with Gasteiger partial charge in [0.25, 0.3) is 0 Å². The van der Waals surface area contributed by atoms with Crippen LogP contribution in [0.5, 0.6) is 0 Å². The maximum atomic E-state index is 3.32. The van der Waals surface area contributed by atoms with Crippen LogP contribution in [0.4, 0.5) is 0 Å². The van der Waals surface area contributed by atoms with Gasteiger partial charge in [-0.2, -0.15) is 0 Å². The minimum absolute atomic E-state index is 0.508. The molecule has 0 radical (unpaired) electrons. The molecule has 0 bridgehead atoms. The van der Waals surface area contributed by atoms with Crippen LogP contribution >= 0.6 is 0 Å². The zero-order valence-corrected chi connectivity index (χ0v) is 7.67. The second-order valence-electron chi connectivity index (χ2n) is 3.34. The Hall–Kier alpha value is -0.500. The van der Waals surface area contributed by atoms with Gasteiger partial charge in [0.05, 0.1) is 6.17 Å². The molecule has 0 aromatic carbocycles. The van der Waals surface area contributed by atoms with Crippen molar-refractivity contribution in [2.45, 2.75) is 25.9 Å². The Labute approximate surface area is 69.3 Å². The van der Waals surface area contributed by atoms with E-state index in [1.54, 1.807) is 0 Å². The first kappa shape index (κ1) is 8.60. The van der Waals surface area contributed by atoms with E-state index in [0.717, 1.165) is 5.92 Å². The summed E-state index contributed by atoms with van der Waals surface area (Å²) < 4.78 is 0. The molecule has 11 heavy (non-hydrogen) atoms. The van der Waals surface area contributed by atoms with Crippen LogP contribution in [0, 0.1) is 5.92 Å². The minimum Gasteiger partial charge on any atom is -0.365 e. The maximum Gasteiger partial charge on any atom is 0.0810 e. The van der Waals surface area contributed by atoms with Crippen LogP contribution in [0.15, 0.2) is 12.3 Å². The van der Waals surface area contributed by atoms with E-state index in [1.165, 1.54) is 12.8 Å². The fraction of sp³-hybridized carbons (Fsp3) is 0.778. The van der Waals surface area contributed by atoms with Gasteiger partial charge in [-0.1, -0.05) is 13.0 Å². The zero-order chi connectivity index (χ0) is 8.27. The van der Waals surface area contributed by atoms with E-state index < -0.39 is 0 Å². The number of allylic oxidation sites excluding steroid dienone is 1. The van der Waals surface area contributed by atoms with Crippen molar-refractivity contribution >= 4 is 0 Å². The second kappa shape index (κ2) is 3.77. The van der Waals surface area contributed by atoms with Crippen LogP contribution in [0.25, 0.3) is 0 Å². The standard InChI is InChI=1S/C9H18N2/c1-8-6-4-5-7-11(3)9(8)10-2/h5,7-10H,4,6H2,1-3H3/t8-,9-/m1/s1. The Morgan fingerprint density at radius 2 is 2.27 bits per heavy atom. The smallest absolute Gasteiger partial charge is 0.0810 e. The Balaban J connectivity index is 2.60. The normalized spacial score (nSPS) is 32.1. The van der Waals surface area contributed by atoms with Gasteiger partial charge in [-0.3, -0.25) is 0 Å². The molecule has 0 aromatic heterocycles. The summed E-state index contributed by atoms with van der Waals surface area (Å²) in [6.07, 6.45) is 7.42. The van der Waals surface area contributed by atoms with Crippen molar-refractivity contribution in [2.75, 3.05) is 14.1 Å². The molecule has 1 aliphatic heterocycles. The van der Waals surface area contributed by atoms with Crippen LogP contribution < -0.4 is 5.32 Å². The number of hydrogen-bond donors (Lipinski definition) is 1. The molecule has 1 heterocycles. The van der Waals surface area contributed by atoms with E-state index in [4.69, 9.17) is 0 Å². The SMILES string of the molecule is CN[C@H]1[C@H](C)CCC=CN1C. The largest absolute Gasteiger partial charge is 0.365 e. The first-order valence-electron chi connectivity index (χ1n) is 4.31. The first-order chi connectivity index (χ1) is 5.25. The summed E-state index contributed by atoms with van der Waals surface area (Å²) in [6.45, 7) is 2.30. The Kier molecular flexibility index (Phi) is 2.94. The molecule has 2 nitrogen and oxygen atoms in total. The van der Waals surface area contributed by atoms with Crippen molar-refractivity contribution in [3.05, 3.63) is 12.3 Å². The topological polar surface area (TPSA) is 15.3 Å². The summed E-state index contributed by atoms with van der Waals surface area (Å²) in [5.41, 5.74) is 0. The summed E-state index contributed by atoms with van der Waals surface area (Å²) in [4.78, 5) is 2.25. The highest BCUT2D eigenvalue weighted by molar-refractivity contribution is 4.90. The van der Waals surface area contributed by atoms with Crippen molar-refractivity contribution in [1.82, 2.24) is 10.2 Å². The summed E-state index contributed by atoms with van der Waals surface area (Å²) in [5.74, 6) is 0.736. The van der Waals surface area contributed by atoms with Crippen LogP contribution in [0.1, 0.15) is 19.8 Å². The first-order valence-corrected chi connectivity index (χ1v) is 4.31. The van der Waals surface area contributed by atoms with Gasteiger partial charge >= 0.3 is 0 Å². The minimum atomic E-state index is 0.508. The lowest BCUT2D eigenvalue weighted by molar-refractivity contribution is 0.214. The zero-order valence-electron chi connectivity index (χ0n) is 7.67. The molecule has 1 aliphatic rings. The monoisotopic (exact) mass is 154 g/mol. The van der Waals surface area contributed by atoms with Gasteiger partial charge < -0.3 is 10.2 Å². The molecular weight excluding hydrogens is 136 g/mol. The van der Waals surface area contributed by atoms with Crippen LogP contribution in [-0.4, -0.2) is 25.2 Å². The Morgan fingerprint density at radius 3 is 2.91 bits per heavy atom. The molecule has 0 aliphatic carbocycles. The van der Waals surface area contributed by atoms with Crippen molar-refractivity contribution in [1.29, 1.82) is 0 Å². The van der Waals surface area contributed by atoms with E-state index in [0.29, 0.717) is 6.17 Å². The summed E-state index contributed by atoms with van der Waals surface area (Å²) >= 11 is 0. The van der Waals surface area contributed by atoms with Crippen LogP contribution in [0.3, 0.4) is 0 Å². The van der Waals surface area contributed by atoms with E-state index >= 15 is 0 Å². The molecule has 0 saturated carbocycles. The van der Waals surface area contributed by atoms with Gasteiger partial charge in [-0.15, -0.1) is 0 Å².